The minimum Gasteiger partial charge on any atom is -0.341 e. The van der Waals surface area contributed by atoms with Crippen molar-refractivity contribution in [1.82, 2.24) is 9.80 Å². The molecule has 1 amide bonds. The molecule has 2 aliphatic heterocycles. The highest BCUT2D eigenvalue weighted by atomic mass is 35.5. The van der Waals surface area contributed by atoms with Gasteiger partial charge in [0, 0.05) is 23.1 Å². The molecule has 4 rings (SSSR count). The summed E-state index contributed by atoms with van der Waals surface area (Å²) in [6.07, 6.45) is 6.65. The normalized spacial score (nSPS) is 18.4. The fourth-order valence-electron chi connectivity index (χ4n) is 5.35. The molecule has 0 aromatic heterocycles. The van der Waals surface area contributed by atoms with Crippen molar-refractivity contribution in [2.75, 3.05) is 32.7 Å². The van der Waals surface area contributed by atoms with E-state index in [0.717, 1.165) is 43.4 Å². The largest absolute Gasteiger partial charge is 0.341 e. The van der Waals surface area contributed by atoms with Crippen LogP contribution in [0.2, 0.25) is 10.0 Å². The summed E-state index contributed by atoms with van der Waals surface area (Å²) >= 11 is 12.2. The third-order valence-electron chi connectivity index (χ3n) is 7.24. The SMILES string of the molecule is N[C@H](Cc1ccc(Cl)cc1Cl)C(=O)N1CCC(c2ccc(F)cc2CCCN2CCCC2)CC1. The number of amides is 1. The average Bonchev–Trinajstić information content (AvgIpc) is 3.34. The Bertz CT molecular complexity index is 988. The summed E-state index contributed by atoms with van der Waals surface area (Å²) in [5.74, 6) is 0.127. The van der Waals surface area contributed by atoms with Crippen LogP contribution in [0.25, 0.3) is 0 Å². The molecule has 0 spiro atoms. The maximum Gasteiger partial charge on any atom is 0.239 e. The number of hydrogen-bond acceptors (Lipinski definition) is 3. The Morgan fingerprint density at radius 3 is 2.47 bits per heavy atom. The molecule has 2 saturated heterocycles. The van der Waals surface area contributed by atoms with E-state index < -0.39 is 6.04 Å². The number of benzene rings is 2. The van der Waals surface area contributed by atoms with Crippen LogP contribution < -0.4 is 5.73 Å². The quantitative estimate of drug-likeness (QED) is 0.519. The average molecular weight is 506 g/mol. The van der Waals surface area contributed by atoms with Crippen molar-refractivity contribution >= 4 is 29.1 Å². The minimum absolute atomic E-state index is 0.0468. The summed E-state index contributed by atoms with van der Waals surface area (Å²) < 4.78 is 14.0. The highest BCUT2D eigenvalue weighted by Gasteiger charge is 2.28. The molecule has 0 aliphatic carbocycles. The maximum atomic E-state index is 14.0. The molecule has 1 atom stereocenters. The van der Waals surface area contributed by atoms with Gasteiger partial charge in [-0.25, -0.2) is 4.39 Å². The van der Waals surface area contributed by atoms with Gasteiger partial charge in [-0.3, -0.25) is 4.79 Å². The second kappa shape index (κ2) is 11.9. The van der Waals surface area contributed by atoms with Gasteiger partial charge in [0.1, 0.15) is 5.82 Å². The Labute approximate surface area is 212 Å². The smallest absolute Gasteiger partial charge is 0.239 e. The Balaban J connectivity index is 1.32. The number of carbonyl (C=O) groups excluding carboxylic acids is 1. The Morgan fingerprint density at radius 2 is 1.76 bits per heavy atom. The second-order valence-corrected chi connectivity index (χ2v) is 10.5. The third-order valence-corrected chi connectivity index (χ3v) is 7.83. The monoisotopic (exact) mass is 505 g/mol. The topological polar surface area (TPSA) is 49.6 Å². The Kier molecular flexibility index (Phi) is 8.86. The van der Waals surface area contributed by atoms with E-state index in [2.05, 4.69) is 4.90 Å². The Morgan fingerprint density at radius 1 is 1.03 bits per heavy atom. The number of nitrogens with zero attached hydrogens (tertiary/aromatic N) is 2. The van der Waals surface area contributed by atoms with Gasteiger partial charge >= 0.3 is 0 Å². The molecule has 0 radical (unpaired) electrons. The molecular weight excluding hydrogens is 472 g/mol. The summed E-state index contributed by atoms with van der Waals surface area (Å²) in [4.78, 5) is 17.3. The summed E-state index contributed by atoms with van der Waals surface area (Å²) in [7, 11) is 0. The highest BCUT2D eigenvalue weighted by molar-refractivity contribution is 6.35. The third kappa shape index (κ3) is 6.51. The van der Waals surface area contributed by atoms with Crippen molar-refractivity contribution in [3.05, 3.63) is 69.0 Å². The summed E-state index contributed by atoms with van der Waals surface area (Å²) in [5.41, 5.74) is 9.44. The van der Waals surface area contributed by atoms with E-state index in [1.165, 1.54) is 31.5 Å². The molecule has 184 valence electrons. The number of halogens is 3. The molecule has 0 unspecified atom stereocenters. The van der Waals surface area contributed by atoms with Gasteiger partial charge in [0.05, 0.1) is 6.04 Å². The first-order chi connectivity index (χ1) is 16.4. The maximum absolute atomic E-state index is 14.0. The van der Waals surface area contributed by atoms with Crippen LogP contribution in [0, 0.1) is 5.82 Å². The van der Waals surface area contributed by atoms with Gasteiger partial charge in [0.2, 0.25) is 5.91 Å². The Hall–Kier alpha value is -1.66. The standard InChI is InChI=1S/C27H34Cl2FN3O/c28-22-6-5-21(25(29)18-22)17-26(31)27(34)33-14-9-19(10-15-33)24-8-7-23(30)16-20(24)4-3-13-32-11-1-2-12-32/h5-8,16,18-19,26H,1-4,9-15,17,31H2/t26-/m1/s1. The zero-order valence-electron chi connectivity index (χ0n) is 19.6. The number of rotatable bonds is 8. The van der Waals surface area contributed by atoms with E-state index in [0.29, 0.717) is 35.5 Å². The van der Waals surface area contributed by atoms with Gasteiger partial charge in [-0.15, -0.1) is 0 Å². The van der Waals surface area contributed by atoms with Crippen LogP contribution in [-0.4, -0.2) is 54.5 Å². The van der Waals surface area contributed by atoms with Gasteiger partial charge in [0.15, 0.2) is 0 Å². The van der Waals surface area contributed by atoms with Gasteiger partial charge in [-0.1, -0.05) is 35.3 Å². The number of aryl methyl sites for hydroxylation is 1. The number of piperidine rings is 1. The molecule has 2 N–H and O–H groups in total. The molecule has 2 heterocycles. The van der Waals surface area contributed by atoms with Gasteiger partial charge in [-0.05, 0) is 111 Å². The fourth-order valence-corrected chi connectivity index (χ4v) is 5.83. The lowest BCUT2D eigenvalue weighted by Crippen LogP contribution is -2.47. The van der Waals surface area contributed by atoms with Crippen molar-refractivity contribution in [2.24, 2.45) is 5.73 Å². The predicted molar refractivity (Wildman–Crippen MR) is 137 cm³/mol. The van der Waals surface area contributed by atoms with E-state index in [1.54, 1.807) is 24.3 Å². The van der Waals surface area contributed by atoms with Crippen LogP contribution in [0.15, 0.2) is 36.4 Å². The first kappa shape index (κ1) is 25.4. The minimum atomic E-state index is -0.637. The molecule has 7 heteroatoms. The molecule has 34 heavy (non-hydrogen) atoms. The molecule has 0 bridgehead atoms. The van der Waals surface area contributed by atoms with E-state index >= 15 is 0 Å². The van der Waals surface area contributed by atoms with E-state index in [1.807, 2.05) is 17.0 Å². The van der Waals surface area contributed by atoms with Crippen molar-refractivity contribution in [1.29, 1.82) is 0 Å². The van der Waals surface area contributed by atoms with Crippen molar-refractivity contribution in [3.63, 3.8) is 0 Å². The zero-order chi connectivity index (χ0) is 24.1. The molecule has 4 nitrogen and oxygen atoms in total. The second-order valence-electron chi connectivity index (χ2n) is 9.64. The summed E-state index contributed by atoms with van der Waals surface area (Å²) in [6.45, 7) is 4.79. The molecular formula is C27H34Cl2FN3O. The van der Waals surface area contributed by atoms with E-state index in [-0.39, 0.29) is 11.7 Å². The number of likely N-dealkylation sites (tertiary alicyclic amines) is 2. The van der Waals surface area contributed by atoms with Crippen molar-refractivity contribution < 1.29 is 9.18 Å². The number of carbonyl (C=O) groups is 1. The van der Waals surface area contributed by atoms with E-state index in [4.69, 9.17) is 28.9 Å². The molecule has 2 aromatic rings. The predicted octanol–water partition coefficient (Wildman–Crippen LogP) is 5.44. The highest BCUT2D eigenvalue weighted by Crippen LogP contribution is 2.32. The zero-order valence-corrected chi connectivity index (χ0v) is 21.1. The van der Waals surface area contributed by atoms with Gasteiger partial charge < -0.3 is 15.5 Å². The van der Waals surface area contributed by atoms with Gasteiger partial charge in [-0.2, -0.15) is 0 Å². The molecule has 2 aliphatic rings. The first-order valence-corrected chi connectivity index (χ1v) is 13.2. The molecule has 0 saturated carbocycles. The lowest BCUT2D eigenvalue weighted by atomic mass is 9.85. The van der Waals surface area contributed by atoms with E-state index in [9.17, 15) is 9.18 Å². The van der Waals surface area contributed by atoms with Crippen molar-refractivity contribution in [2.45, 2.75) is 56.9 Å². The summed E-state index contributed by atoms with van der Waals surface area (Å²) in [5, 5.41) is 1.09. The van der Waals surface area contributed by atoms with Crippen molar-refractivity contribution in [3.8, 4) is 0 Å². The van der Waals surface area contributed by atoms with Gasteiger partial charge in [0.25, 0.3) is 0 Å². The van der Waals surface area contributed by atoms with Crippen LogP contribution in [0.4, 0.5) is 4.39 Å². The number of nitrogens with two attached hydrogens (primary N) is 1. The lowest BCUT2D eigenvalue weighted by molar-refractivity contribution is -0.133. The number of hydrogen-bond donors (Lipinski definition) is 1. The fraction of sp³-hybridized carbons (Fsp3) is 0.519. The van der Waals surface area contributed by atoms with Crippen LogP contribution in [0.3, 0.4) is 0 Å². The molecule has 2 aromatic carbocycles. The van der Waals surface area contributed by atoms with Crippen LogP contribution in [0.5, 0.6) is 0 Å². The first-order valence-electron chi connectivity index (χ1n) is 12.4. The lowest BCUT2D eigenvalue weighted by Gasteiger charge is -2.34. The summed E-state index contributed by atoms with van der Waals surface area (Å²) in [6, 6.07) is 9.86. The van der Waals surface area contributed by atoms with Crippen LogP contribution >= 0.6 is 23.2 Å². The van der Waals surface area contributed by atoms with Crippen LogP contribution in [-0.2, 0) is 17.6 Å². The van der Waals surface area contributed by atoms with Crippen LogP contribution in [0.1, 0.15) is 54.7 Å². The molecule has 2 fully saturated rings.